The summed E-state index contributed by atoms with van der Waals surface area (Å²) < 4.78 is 5.14. The minimum atomic E-state index is 0.0236. The molecule has 180 valence electrons. The molecule has 0 spiro atoms. The minimum Gasteiger partial charge on any atom is -0.481 e. The molecule has 34 heavy (non-hydrogen) atoms. The SMILES string of the molecule is COc1ccc(CC(=S)C[C@H]2CCc3sc(CC(=O)C4CC4)c(C(=O)NCC4CC4)c3C2)cn1. The van der Waals surface area contributed by atoms with Gasteiger partial charge in [0.15, 0.2) is 0 Å². The molecule has 2 saturated carbocycles. The van der Waals surface area contributed by atoms with Gasteiger partial charge < -0.3 is 10.1 Å². The molecule has 2 fully saturated rings. The third kappa shape index (κ3) is 5.74. The van der Waals surface area contributed by atoms with Crippen molar-refractivity contribution in [3.8, 4) is 5.88 Å². The van der Waals surface area contributed by atoms with Crippen molar-refractivity contribution in [1.82, 2.24) is 10.3 Å². The fraction of sp³-hybridized carbons (Fsp3) is 0.556. The number of ketones is 1. The fourth-order valence-corrected chi connectivity index (χ4v) is 6.65. The van der Waals surface area contributed by atoms with Crippen LogP contribution >= 0.6 is 23.6 Å². The lowest BCUT2D eigenvalue weighted by molar-refractivity contribution is -0.119. The first-order valence-electron chi connectivity index (χ1n) is 12.4. The monoisotopic (exact) mass is 496 g/mol. The lowest BCUT2D eigenvalue weighted by Gasteiger charge is -2.23. The van der Waals surface area contributed by atoms with Gasteiger partial charge in [0.05, 0.1) is 12.7 Å². The first-order valence-corrected chi connectivity index (χ1v) is 13.7. The summed E-state index contributed by atoms with van der Waals surface area (Å²) in [6, 6.07) is 3.88. The number of nitrogens with zero attached hydrogens (tertiary/aromatic N) is 1. The first kappa shape index (κ1) is 23.6. The molecule has 5 nitrogen and oxygen atoms in total. The molecule has 7 heteroatoms. The number of aryl methyl sites for hydroxylation is 1. The first-order chi connectivity index (χ1) is 16.5. The average molecular weight is 497 g/mol. The Balaban J connectivity index is 1.28. The van der Waals surface area contributed by atoms with Crippen LogP contribution in [0.2, 0.25) is 0 Å². The highest BCUT2D eigenvalue weighted by molar-refractivity contribution is 7.80. The molecule has 1 N–H and O–H groups in total. The van der Waals surface area contributed by atoms with Crippen molar-refractivity contribution >= 4 is 40.1 Å². The molecule has 0 saturated heterocycles. The molecule has 5 rings (SSSR count). The lowest BCUT2D eigenvalue weighted by atomic mass is 9.82. The molecule has 0 aromatic carbocycles. The second-order valence-electron chi connectivity index (χ2n) is 10.1. The number of nitrogens with one attached hydrogen (secondary N) is 1. The number of carbonyl (C=O) groups is 2. The maximum atomic E-state index is 13.3. The van der Waals surface area contributed by atoms with Crippen LogP contribution in [0.5, 0.6) is 5.88 Å². The second kappa shape index (κ2) is 10.2. The molecule has 1 amide bonds. The highest BCUT2D eigenvalue weighted by Crippen LogP contribution is 2.40. The Bertz CT molecular complexity index is 1080. The van der Waals surface area contributed by atoms with Gasteiger partial charge in [-0.3, -0.25) is 9.59 Å². The fourth-order valence-electron chi connectivity index (χ4n) is 4.89. The molecular formula is C27H32N2O3S2. The average Bonchev–Trinajstić information content (AvgIpc) is 3.74. The van der Waals surface area contributed by atoms with E-state index < -0.39 is 0 Å². The molecule has 0 radical (unpaired) electrons. The van der Waals surface area contributed by atoms with E-state index in [1.165, 1.54) is 23.3 Å². The molecule has 0 unspecified atom stereocenters. The smallest absolute Gasteiger partial charge is 0.252 e. The highest BCUT2D eigenvalue weighted by Gasteiger charge is 2.34. The summed E-state index contributed by atoms with van der Waals surface area (Å²) in [5.41, 5.74) is 3.09. The number of fused-ring (bicyclic) bond motifs is 1. The van der Waals surface area contributed by atoms with Crippen molar-refractivity contribution in [3.63, 3.8) is 0 Å². The van der Waals surface area contributed by atoms with Crippen molar-refractivity contribution < 1.29 is 14.3 Å². The van der Waals surface area contributed by atoms with Crippen LogP contribution in [-0.4, -0.2) is 35.2 Å². The number of rotatable bonds is 11. The summed E-state index contributed by atoms with van der Waals surface area (Å²) in [6.45, 7) is 0.753. The summed E-state index contributed by atoms with van der Waals surface area (Å²) in [5.74, 6) is 2.22. The van der Waals surface area contributed by atoms with Crippen molar-refractivity contribution in [2.24, 2.45) is 17.8 Å². The topological polar surface area (TPSA) is 68.3 Å². The van der Waals surface area contributed by atoms with Gasteiger partial charge >= 0.3 is 0 Å². The molecular weight excluding hydrogens is 464 g/mol. The largest absolute Gasteiger partial charge is 0.481 e. The summed E-state index contributed by atoms with van der Waals surface area (Å²) in [6.07, 6.45) is 11.2. The van der Waals surface area contributed by atoms with Gasteiger partial charge in [-0.1, -0.05) is 18.3 Å². The Labute approximate surface area is 210 Å². The van der Waals surface area contributed by atoms with Gasteiger partial charge in [-0.05, 0) is 79.2 Å². The quantitative estimate of drug-likeness (QED) is 0.447. The number of aromatic nitrogens is 1. The summed E-state index contributed by atoms with van der Waals surface area (Å²) in [4.78, 5) is 33.5. The Morgan fingerprint density at radius 3 is 2.65 bits per heavy atom. The second-order valence-corrected chi connectivity index (χ2v) is 11.9. The zero-order valence-electron chi connectivity index (χ0n) is 19.7. The van der Waals surface area contributed by atoms with E-state index in [-0.39, 0.29) is 11.8 Å². The number of carbonyl (C=O) groups excluding carboxylic acids is 2. The molecule has 1 atom stereocenters. The van der Waals surface area contributed by atoms with Crippen molar-refractivity contribution in [2.45, 2.75) is 64.2 Å². The molecule has 3 aliphatic carbocycles. The number of Topliss-reactive ketones (excluding diaryl/α,β-unsaturated/α-hetero) is 1. The number of thiocarbonyl (C=S) groups is 1. The van der Waals surface area contributed by atoms with Crippen LogP contribution in [0.4, 0.5) is 0 Å². The maximum absolute atomic E-state index is 13.3. The van der Waals surface area contributed by atoms with Gasteiger partial charge in [0, 0.05) is 47.3 Å². The number of methoxy groups -OCH3 is 1. The van der Waals surface area contributed by atoms with E-state index in [2.05, 4.69) is 10.3 Å². The van der Waals surface area contributed by atoms with Crippen LogP contribution in [0.15, 0.2) is 18.3 Å². The standard InChI is InChI=1S/C27H32N2O3S2/c1-32-25-9-5-18(15-28-25)11-20(33)10-17-4-8-23-21(12-17)26(27(31)29-14-16-2-3-16)24(34-23)13-22(30)19-6-7-19/h5,9,15-17,19H,2-4,6-8,10-14H2,1H3,(H,29,31)/t17-/m1/s1. The zero-order chi connectivity index (χ0) is 23.7. The number of thiophene rings is 1. The number of ether oxygens (including phenoxy) is 1. The van der Waals surface area contributed by atoms with Crippen LogP contribution in [-0.2, 0) is 30.5 Å². The molecule has 2 aromatic rings. The van der Waals surface area contributed by atoms with Crippen molar-refractivity contribution in [2.75, 3.05) is 13.7 Å². The number of hydrogen-bond acceptors (Lipinski definition) is 6. The third-order valence-electron chi connectivity index (χ3n) is 7.20. The zero-order valence-corrected chi connectivity index (χ0v) is 21.4. The van der Waals surface area contributed by atoms with Crippen molar-refractivity contribution in [3.05, 3.63) is 44.8 Å². The van der Waals surface area contributed by atoms with E-state index in [1.807, 2.05) is 18.3 Å². The lowest BCUT2D eigenvalue weighted by Crippen LogP contribution is -2.28. The molecule has 3 aliphatic rings. The van der Waals surface area contributed by atoms with E-state index in [4.69, 9.17) is 17.0 Å². The third-order valence-corrected chi connectivity index (χ3v) is 8.81. The Morgan fingerprint density at radius 1 is 1.15 bits per heavy atom. The Hall–Kier alpha value is -2.12. The predicted molar refractivity (Wildman–Crippen MR) is 138 cm³/mol. The van der Waals surface area contributed by atoms with Gasteiger partial charge in [-0.15, -0.1) is 11.3 Å². The van der Waals surface area contributed by atoms with E-state index in [0.717, 1.165) is 72.4 Å². The minimum absolute atomic E-state index is 0.0236. The van der Waals surface area contributed by atoms with Crippen LogP contribution in [0.3, 0.4) is 0 Å². The number of hydrogen-bond donors (Lipinski definition) is 1. The maximum Gasteiger partial charge on any atom is 0.252 e. The summed E-state index contributed by atoms with van der Waals surface area (Å²) in [5, 5.41) is 3.17. The molecule has 0 bridgehead atoms. The predicted octanol–water partition coefficient (Wildman–Crippen LogP) is 4.92. The summed E-state index contributed by atoms with van der Waals surface area (Å²) in [7, 11) is 1.61. The van der Waals surface area contributed by atoms with Crippen LogP contribution < -0.4 is 10.1 Å². The van der Waals surface area contributed by atoms with Gasteiger partial charge in [-0.2, -0.15) is 0 Å². The summed E-state index contributed by atoms with van der Waals surface area (Å²) >= 11 is 7.46. The van der Waals surface area contributed by atoms with Gasteiger partial charge in [0.2, 0.25) is 5.88 Å². The Kier molecular flexibility index (Phi) is 7.11. The van der Waals surface area contributed by atoms with Crippen LogP contribution in [0, 0.1) is 17.8 Å². The number of pyridine rings is 1. The van der Waals surface area contributed by atoms with Crippen LogP contribution in [0.1, 0.15) is 69.8 Å². The van der Waals surface area contributed by atoms with Gasteiger partial charge in [0.1, 0.15) is 5.78 Å². The van der Waals surface area contributed by atoms with E-state index in [9.17, 15) is 9.59 Å². The molecule has 0 aliphatic heterocycles. The highest BCUT2D eigenvalue weighted by atomic mass is 32.1. The normalized spacial score (nSPS) is 19.4. The molecule has 2 heterocycles. The van der Waals surface area contributed by atoms with Gasteiger partial charge in [0.25, 0.3) is 5.91 Å². The number of amides is 1. The van der Waals surface area contributed by atoms with E-state index in [1.54, 1.807) is 18.4 Å². The van der Waals surface area contributed by atoms with Crippen molar-refractivity contribution in [1.29, 1.82) is 0 Å². The van der Waals surface area contributed by atoms with Gasteiger partial charge in [-0.25, -0.2) is 4.98 Å². The van der Waals surface area contributed by atoms with E-state index in [0.29, 0.717) is 29.9 Å². The molecule has 2 aromatic heterocycles. The Morgan fingerprint density at radius 2 is 1.97 bits per heavy atom. The van der Waals surface area contributed by atoms with E-state index >= 15 is 0 Å². The van der Waals surface area contributed by atoms with Crippen LogP contribution in [0.25, 0.3) is 0 Å².